The average molecular weight is 456 g/mol. The molecule has 3 aromatic carbocycles. The van der Waals surface area contributed by atoms with E-state index < -0.39 is 0 Å². The zero-order chi connectivity index (χ0) is 19.7. The second-order valence-corrected chi connectivity index (χ2v) is 7.81. The third-order valence-corrected chi connectivity index (χ3v) is 5.52. The van der Waals surface area contributed by atoms with Gasteiger partial charge in [0.05, 0.1) is 10.6 Å². The summed E-state index contributed by atoms with van der Waals surface area (Å²) in [4.78, 5) is 27.1. The number of fused-ring (bicyclic) bond motifs is 1. The Morgan fingerprint density at radius 3 is 2.54 bits per heavy atom. The first-order valence-electron chi connectivity index (χ1n) is 8.79. The van der Waals surface area contributed by atoms with Crippen LogP contribution in [-0.2, 0) is 6.42 Å². The summed E-state index contributed by atoms with van der Waals surface area (Å²) in [5, 5.41) is 3.18. The zero-order valence-electron chi connectivity index (χ0n) is 14.8. The molecule has 0 saturated carbocycles. The largest absolute Gasteiger partial charge is 0.322 e. The minimum atomic E-state index is -0.307. The molecule has 0 atom stereocenters. The van der Waals surface area contributed by atoms with Crippen molar-refractivity contribution < 1.29 is 9.59 Å². The van der Waals surface area contributed by atoms with Gasteiger partial charge in [0.15, 0.2) is 0 Å². The van der Waals surface area contributed by atoms with E-state index in [2.05, 4.69) is 21.2 Å². The molecule has 28 heavy (non-hydrogen) atoms. The maximum absolute atomic E-state index is 12.9. The highest BCUT2D eigenvalue weighted by Crippen LogP contribution is 2.29. The Kier molecular flexibility index (Phi) is 5.20. The van der Waals surface area contributed by atoms with E-state index in [9.17, 15) is 9.59 Å². The van der Waals surface area contributed by atoms with Crippen LogP contribution in [0.1, 0.15) is 26.3 Å². The molecule has 1 N–H and O–H groups in total. The molecule has 140 valence electrons. The predicted molar refractivity (Wildman–Crippen MR) is 115 cm³/mol. The molecule has 2 amide bonds. The van der Waals surface area contributed by atoms with Crippen molar-refractivity contribution in [1.82, 2.24) is 0 Å². The van der Waals surface area contributed by atoms with Crippen LogP contribution in [0.2, 0.25) is 5.02 Å². The van der Waals surface area contributed by atoms with E-state index in [0.717, 1.165) is 16.6 Å². The van der Waals surface area contributed by atoms with Gasteiger partial charge in [-0.1, -0.05) is 45.7 Å². The molecule has 0 fully saturated rings. The van der Waals surface area contributed by atoms with Crippen molar-refractivity contribution in [3.63, 3.8) is 0 Å². The number of para-hydroxylation sites is 1. The molecule has 4 rings (SSSR count). The first kappa shape index (κ1) is 18.7. The average Bonchev–Trinajstić information content (AvgIpc) is 3.14. The van der Waals surface area contributed by atoms with Crippen molar-refractivity contribution in [2.75, 3.05) is 16.8 Å². The summed E-state index contributed by atoms with van der Waals surface area (Å²) in [6.07, 6.45) is 0.865. The van der Waals surface area contributed by atoms with E-state index in [1.165, 1.54) is 5.56 Å². The maximum Gasteiger partial charge on any atom is 0.258 e. The highest BCUT2D eigenvalue weighted by atomic mass is 79.9. The molecule has 0 radical (unpaired) electrons. The molecule has 0 spiro atoms. The minimum absolute atomic E-state index is 0.0436. The molecule has 3 aromatic rings. The molecule has 1 heterocycles. The highest BCUT2D eigenvalue weighted by Gasteiger charge is 2.25. The Morgan fingerprint density at radius 1 is 1.00 bits per heavy atom. The van der Waals surface area contributed by atoms with E-state index in [-0.39, 0.29) is 11.8 Å². The fraction of sp³-hybridized carbons (Fsp3) is 0.0909. The topological polar surface area (TPSA) is 49.4 Å². The number of nitrogens with zero attached hydrogens (tertiary/aromatic N) is 1. The monoisotopic (exact) mass is 454 g/mol. The number of carbonyl (C=O) groups excluding carboxylic acids is 2. The van der Waals surface area contributed by atoms with Crippen LogP contribution in [0.25, 0.3) is 0 Å². The zero-order valence-corrected chi connectivity index (χ0v) is 17.1. The summed E-state index contributed by atoms with van der Waals surface area (Å²) in [6, 6.07) is 19.9. The van der Waals surface area contributed by atoms with Gasteiger partial charge in [0.1, 0.15) is 0 Å². The van der Waals surface area contributed by atoms with Crippen molar-refractivity contribution in [2.24, 2.45) is 0 Å². The molecular weight excluding hydrogens is 440 g/mol. The number of amides is 2. The van der Waals surface area contributed by atoms with Crippen LogP contribution >= 0.6 is 27.5 Å². The lowest BCUT2D eigenvalue weighted by Gasteiger charge is -2.17. The van der Waals surface area contributed by atoms with Crippen molar-refractivity contribution in [1.29, 1.82) is 0 Å². The number of benzene rings is 3. The fourth-order valence-electron chi connectivity index (χ4n) is 3.27. The van der Waals surface area contributed by atoms with Gasteiger partial charge in [0.25, 0.3) is 11.8 Å². The van der Waals surface area contributed by atoms with E-state index in [1.54, 1.807) is 47.4 Å². The lowest BCUT2D eigenvalue weighted by Crippen LogP contribution is -2.28. The van der Waals surface area contributed by atoms with Crippen LogP contribution in [0, 0.1) is 0 Å². The van der Waals surface area contributed by atoms with Crippen LogP contribution < -0.4 is 10.2 Å². The second kappa shape index (κ2) is 7.78. The normalized spacial score (nSPS) is 12.6. The molecular formula is C22H16BrClN2O2. The second-order valence-electron chi connectivity index (χ2n) is 6.49. The van der Waals surface area contributed by atoms with Crippen molar-refractivity contribution in [3.05, 3.63) is 92.9 Å². The molecule has 4 nitrogen and oxygen atoms in total. The van der Waals surface area contributed by atoms with Crippen molar-refractivity contribution in [3.8, 4) is 0 Å². The van der Waals surface area contributed by atoms with Crippen LogP contribution in [-0.4, -0.2) is 18.4 Å². The van der Waals surface area contributed by atoms with Gasteiger partial charge < -0.3 is 10.2 Å². The van der Waals surface area contributed by atoms with Gasteiger partial charge in [-0.3, -0.25) is 9.59 Å². The summed E-state index contributed by atoms with van der Waals surface area (Å²) in [7, 11) is 0. The molecule has 6 heteroatoms. The van der Waals surface area contributed by atoms with E-state index in [0.29, 0.717) is 28.4 Å². The van der Waals surface area contributed by atoms with Gasteiger partial charge in [-0.25, -0.2) is 0 Å². The molecule has 0 bridgehead atoms. The molecule has 0 aliphatic carbocycles. The maximum atomic E-state index is 12.9. The van der Waals surface area contributed by atoms with Gasteiger partial charge in [0, 0.05) is 28.0 Å². The third kappa shape index (κ3) is 3.68. The summed E-state index contributed by atoms with van der Waals surface area (Å²) in [6.45, 7) is 0.679. The van der Waals surface area contributed by atoms with Crippen molar-refractivity contribution in [2.45, 2.75) is 6.42 Å². The Labute approximate surface area is 176 Å². The number of hydrogen-bond donors (Lipinski definition) is 1. The summed E-state index contributed by atoms with van der Waals surface area (Å²) < 4.78 is 0.772. The summed E-state index contributed by atoms with van der Waals surface area (Å²) in [5.74, 6) is -0.350. The third-order valence-electron chi connectivity index (χ3n) is 4.70. The number of carbonyl (C=O) groups is 2. The number of anilines is 2. The number of hydrogen-bond acceptors (Lipinski definition) is 2. The van der Waals surface area contributed by atoms with E-state index in [4.69, 9.17) is 11.6 Å². The van der Waals surface area contributed by atoms with Gasteiger partial charge in [-0.05, 0) is 60.5 Å². The molecule has 0 aromatic heterocycles. The van der Waals surface area contributed by atoms with Gasteiger partial charge >= 0.3 is 0 Å². The van der Waals surface area contributed by atoms with Crippen LogP contribution in [0.15, 0.2) is 71.2 Å². The minimum Gasteiger partial charge on any atom is -0.322 e. The first-order chi connectivity index (χ1) is 13.5. The van der Waals surface area contributed by atoms with Gasteiger partial charge in [0.2, 0.25) is 0 Å². The number of halogens is 2. The Balaban J connectivity index is 1.49. The lowest BCUT2D eigenvalue weighted by atomic mass is 10.1. The quantitative estimate of drug-likeness (QED) is 0.562. The highest BCUT2D eigenvalue weighted by molar-refractivity contribution is 9.10. The lowest BCUT2D eigenvalue weighted by molar-refractivity contribution is 0.0988. The Bertz CT molecular complexity index is 1070. The van der Waals surface area contributed by atoms with Gasteiger partial charge in [-0.15, -0.1) is 0 Å². The predicted octanol–water partition coefficient (Wildman–Crippen LogP) is 5.56. The van der Waals surface area contributed by atoms with Crippen LogP contribution in [0.3, 0.4) is 0 Å². The summed E-state index contributed by atoms with van der Waals surface area (Å²) >= 11 is 9.44. The molecule has 0 saturated heterocycles. The molecule has 1 aliphatic rings. The van der Waals surface area contributed by atoms with Gasteiger partial charge in [-0.2, -0.15) is 0 Å². The standard InChI is InChI=1S/C22H16BrClN2O2/c23-16-7-10-19(24)18(13-16)21(27)25-17-8-5-15(6-9-17)22(28)26-12-11-14-3-1-2-4-20(14)26/h1-10,13H,11-12H2,(H,25,27). The smallest absolute Gasteiger partial charge is 0.258 e. The summed E-state index contributed by atoms with van der Waals surface area (Å²) in [5.41, 5.74) is 3.71. The van der Waals surface area contributed by atoms with E-state index in [1.807, 2.05) is 24.3 Å². The Hall–Kier alpha value is -2.63. The Morgan fingerprint density at radius 2 is 1.75 bits per heavy atom. The first-order valence-corrected chi connectivity index (χ1v) is 9.96. The molecule has 0 unspecified atom stereocenters. The fourth-order valence-corrected chi connectivity index (χ4v) is 3.84. The molecule has 1 aliphatic heterocycles. The number of rotatable bonds is 3. The van der Waals surface area contributed by atoms with Crippen molar-refractivity contribution >= 4 is 50.7 Å². The van der Waals surface area contributed by atoms with Crippen LogP contribution in [0.4, 0.5) is 11.4 Å². The van der Waals surface area contributed by atoms with Crippen LogP contribution in [0.5, 0.6) is 0 Å². The SMILES string of the molecule is O=C(Nc1ccc(C(=O)N2CCc3ccccc32)cc1)c1cc(Br)ccc1Cl. The number of nitrogens with one attached hydrogen (secondary N) is 1. The van der Waals surface area contributed by atoms with E-state index >= 15 is 0 Å².